The van der Waals surface area contributed by atoms with Crippen molar-refractivity contribution in [2.24, 2.45) is 5.84 Å². The van der Waals surface area contributed by atoms with Gasteiger partial charge in [-0.15, -0.1) is 23.1 Å². The fraction of sp³-hybridized carbons (Fsp3) is 0.333. The van der Waals surface area contributed by atoms with Crippen molar-refractivity contribution in [2.45, 2.75) is 29.4 Å². The lowest BCUT2D eigenvalue weighted by Gasteiger charge is -2.20. The van der Waals surface area contributed by atoms with E-state index in [-0.39, 0.29) is 5.82 Å². The van der Waals surface area contributed by atoms with Gasteiger partial charge in [-0.1, -0.05) is 12.1 Å². The topological polar surface area (TPSA) is 29.3 Å². The van der Waals surface area contributed by atoms with E-state index in [1.54, 1.807) is 36.2 Å². The molecule has 106 valence electrons. The van der Waals surface area contributed by atoms with Crippen molar-refractivity contribution >= 4 is 28.8 Å². The normalized spacial score (nSPS) is 14.6. The molecule has 0 bridgehead atoms. The van der Waals surface area contributed by atoms with Gasteiger partial charge in [0.25, 0.3) is 0 Å². The Morgan fingerprint density at radius 2 is 2.20 bits per heavy atom. The Labute approximate surface area is 126 Å². The molecule has 2 N–H and O–H groups in total. The second-order valence-electron chi connectivity index (χ2n) is 5.07. The lowest BCUT2D eigenvalue weighted by Crippen LogP contribution is -2.27. The van der Waals surface area contributed by atoms with Crippen molar-refractivity contribution in [3.8, 4) is 0 Å². The summed E-state index contributed by atoms with van der Waals surface area (Å²) in [6, 6.07) is 7.63. The monoisotopic (exact) mass is 308 g/mol. The molecule has 0 spiro atoms. The van der Waals surface area contributed by atoms with Crippen LogP contribution >= 0.6 is 23.1 Å². The van der Waals surface area contributed by atoms with E-state index in [9.17, 15) is 4.39 Å². The maximum atomic E-state index is 14.1. The number of hydrazine groups is 1. The summed E-state index contributed by atoms with van der Waals surface area (Å²) >= 11 is 3.42. The highest BCUT2D eigenvalue weighted by Crippen LogP contribution is 2.48. The van der Waals surface area contributed by atoms with Crippen molar-refractivity contribution in [2.75, 3.05) is 12.1 Å². The summed E-state index contributed by atoms with van der Waals surface area (Å²) in [6.45, 7) is 0. The van der Waals surface area contributed by atoms with Crippen molar-refractivity contribution in [3.05, 3.63) is 45.9 Å². The van der Waals surface area contributed by atoms with Gasteiger partial charge in [-0.3, -0.25) is 0 Å². The average Bonchev–Trinajstić information content (AvgIpc) is 3.12. The molecule has 0 atom stereocenters. The lowest BCUT2D eigenvalue weighted by atomic mass is 10.1. The largest absolute Gasteiger partial charge is 0.310 e. The molecule has 0 saturated heterocycles. The standard InChI is InChI=1S/C15H17FN2S2/c1-18(17)14-13(16)7-6-12(10-4-5-10)15(14)20-9-11-3-2-8-19-11/h2-3,6-8,10H,4-5,9,17H2,1H3. The summed E-state index contributed by atoms with van der Waals surface area (Å²) in [7, 11) is 1.70. The van der Waals surface area contributed by atoms with Gasteiger partial charge in [-0.25, -0.2) is 10.2 Å². The van der Waals surface area contributed by atoms with Gasteiger partial charge in [-0.05, 0) is 41.8 Å². The fourth-order valence-electron chi connectivity index (χ4n) is 2.30. The molecule has 2 nitrogen and oxygen atoms in total. The van der Waals surface area contributed by atoms with Crippen LogP contribution in [-0.2, 0) is 5.75 Å². The molecule has 1 heterocycles. The number of halogens is 1. The van der Waals surface area contributed by atoms with Crippen LogP contribution in [0.3, 0.4) is 0 Å². The molecule has 1 aromatic heterocycles. The van der Waals surface area contributed by atoms with Crippen LogP contribution in [0.2, 0.25) is 0 Å². The number of hydrogen-bond acceptors (Lipinski definition) is 4. The second kappa shape index (κ2) is 5.76. The van der Waals surface area contributed by atoms with E-state index in [0.29, 0.717) is 11.6 Å². The zero-order chi connectivity index (χ0) is 14.1. The van der Waals surface area contributed by atoms with Crippen LogP contribution in [0.15, 0.2) is 34.5 Å². The molecule has 3 rings (SSSR count). The van der Waals surface area contributed by atoms with Crippen LogP contribution in [0.25, 0.3) is 0 Å². The van der Waals surface area contributed by atoms with Gasteiger partial charge in [0.2, 0.25) is 0 Å². The van der Waals surface area contributed by atoms with Gasteiger partial charge in [0, 0.05) is 22.6 Å². The summed E-state index contributed by atoms with van der Waals surface area (Å²) in [5.41, 5.74) is 1.77. The van der Waals surface area contributed by atoms with Crippen LogP contribution in [0.5, 0.6) is 0 Å². The Morgan fingerprint density at radius 1 is 1.40 bits per heavy atom. The molecule has 1 aliphatic carbocycles. The first-order chi connectivity index (χ1) is 9.66. The highest BCUT2D eigenvalue weighted by molar-refractivity contribution is 7.98. The molecule has 5 heteroatoms. The second-order valence-corrected chi connectivity index (χ2v) is 7.09. The first-order valence-corrected chi connectivity index (χ1v) is 8.49. The van der Waals surface area contributed by atoms with Crippen molar-refractivity contribution < 1.29 is 4.39 Å². The Morgan fingerprint density at radius 3 is 2.80 bits per heavy atom. The van der Waals surface area contributed by atoms with E-state index < -0.39 is 0 Å². The summed E-state index contributed by atoms with van der Waals surface area (Å²) < 4.78 is 14.1. The first kappa shape index (κ1) is 13.9. The molecule has 0 radical (unpaired) electrons. The Bertz CT molecular complexity index is 592. The molecule has 0 unspecified atom stereocenters. The SMILES string of the molecule is CN(N)c1c(F)ccc(C2CC2)c1SCc1cccs1. The smallest absolute Gasteiger partial charge is 0.149 e. The third-order valence-electron chi connectivity index (χ3n) is 3.42. The van der Waals surface area contributed by atoms with Crippen LogP contribution in [-0.4, -0.2) is 7.05 Å². The maximum absolute atomic E-state index is 14.1. The number of rotatable bonds is 5. The van der Waals surface area contributed by atoms with E-state index in [0.717, 1.165) is 10.6 Å². The number of thiophene rings is 1. The third-order valence-corrected chi connectivity index (χ3v) is 5.65. The summed E-state index contributed by atoms with van der Waals surface area (Å²) in [4.78, 5) is 2.30. The lowest BCUT2D eigenvalue weighted by molar-refractivity contribution is 0.618. The van der Waals surface area contributed by atoms with E-state index in [4.69, 9.17) is 5.84 Å². The molecule has 1 saturated carbocycles. The van der Waals surface area contributed by atoms with Gasteiger partial charge in [0.05, 0.1) is 0 Å². The quantitative estimate of drug-likeness (QED) is 0.505. The van der Waals surface area contributed by atoms with E-state index >= 15 is 0 Å². The summed E-state index contributed by atoms with van der Waals surface area (Å²) in [5, 5.41) is 3.47. The van der Waals surface area contributed by atoms with Crippen LogP contribution in [0.4, 0.5) is 10.1 Å². The van der Waals surface area contributed by atoms with Crippen molar-refractivity contribution in [1.82, 2.24) is 0 Å². The highest BCUT2D eigenvalue weighted by Gasteiger charge is 2.29. The van der Waals surface area contributed by atoms with Gasteiger partial charge in [-0.2, -0.15) is 0 Å². The maximum Gasteiger partial charge on any atom is 0.149 e. The first-order valence-electron chi connectivity index (χ1n) is 6.63. The number of benzene rings is 1. The minimum Gasteiger partial charge on any atom is -0.310 e. The molecular weight excluding hydrogens is 291 g/mol. The fourth-order valence-corrected chi connectivity index (χ4v) is 4.40. The predicted octanol–water partition coefficient (Wildman–Crippen LogP) is 4.37. The van der Waals surface area contributed by atoms with Gasteiger partial charge in [0.15, 0.2) is 0 Å². The number of nitrogens with zero attached hydrogens (tertiary/aromatic N) is 1. The zero-order valence-corrected chi connectivity index (χ0v) is 12.9. The van der Waals surface area contributed by atoms with Gasteiger partial charge >= 0.3 is 0 Å². The van der Waals surface area contributed by atoms with Crippen molar-refractivity contribution in [1.29, 1.82) is 0 Å². The third kappa shape index (κ3) is 2.85. The van der Waals surface area contributed by atoms with Crippen LogP contribution in [0, 0.1) is 5.82 Å². The molecule has 1 aromatic carbocycles. The molecule has 1 aliphatic rings. The molecular formula is C15H17FN2S2. The molecule has 2 aromatic rings. The Hall–Kier alpha value is -1.04. The Kier molecular flexibility index (Phi) is 4.01. The van der Waals surface area contributed by atoms with Gasteiger partial charge < -0.3 is 5.01 Å². The summed E-state index contributed by atoms with van der Waals surface area (Å²) in [6.07, 6.45) is 2.40. The highest BCUT2D eigenvalue weighted by atomic mass is 32.2. The number of anilines is 1. The Balaban J connectivity index is 1.94. The minimum atomic E-state index is -0.243. The molecule has 0 amide bonds. The van der Waals surface area contributed by atoms with E-state index in [1.165, 1.54) is 28.3 Å². The number of thioether (sulfide) groups is 1. The van der Waals surface area contributed by atoms with E-state index in [2.05, 4.69) is 11.4 Å². The van der Waals surface area contributed by atoms with E-state index in [1.807, 2.05) is 12.1 Å². The van der Waals surface area contributed by atoms with Gasteiger partial charge in [0.1, 0.15) is 11.5 Å². The van der Waals surface area contributed by atoms with Crippen molar-refractivity contribution in [3.63, 3.8) is 0 Å². The predicted molar refractivity (Wildman–Crippen MR) is 84.8 cm³/mol. The molecule has 20 heavy (non-hydrogen) atoms. The average molecular weight is 308 g/mol. The van der Waals surface area contributed by atoms with Crippen LogP contribution in [0.1, 0.15) is 29.2 Å². The molecule has 1 fully saturated rings. The number of nitrogens with two attached hydrogens (primary N) is 1. The number of hydrogen-bond donors (Lipinski definition) is 1. The zero-order valence-electron chi connectivity index (χ0n) is 11.3. The minimum absolute atomic E-state index is 0.243. The molecule has 0 aliphatic heterocycles. The summed E-state index contributed by atoms with van der Waals surface area (Å²) in [5.74, 6) is 7.04. The van der Waals surface area contributed by atoms with Crippen LogP contribution < -0.4 is 10.9 Å².